The molecule has 1 saturated heterocycles. The van der Waals surface area contributed by atoms with E-state index in [-0.39, 0.29) is 11.0 Å². The first-order valence-electron chi connectivity index (χ1n) is 8.87. The van der Waals surface area contributed by atoms with Gasteiger partial charge in [0.2, 0.25) is 0 Å². The summed E-state index contributed by atoms with van der Waals surface area (Å²) in [7, 11) is 2.13. The fraction of sp³-hybridized carbons (Fsp3) is 0.579. The van der Waals surface area contributed by atoms with Gasteiger partial charge in [0.15, 0.2) is 0 Å². The van der Waals surface area contributed by atoms with Gasteiger partial charge in [0.1, 0.15) is 0 Å². The first-order chi connectivity index (χ1) is 11.5. The van der Waals surface area contributed by atoms with Crippen molar-refractivity contribution >= 4 is 10.8 Å². The minimum Gasteiger partial charge on any atom is -0.387 e. The van der Waals surface area contributed by atoms with Gasteiger partial charge in [0, 0.05) is 37.1 Å². The van der Waals surface area contributed by atoms with E-state index in [1.807, 2.05) is 18.3 Å². The highest BCUT2D eigenvalue weighted by molar-refractivity contribution is 5.80. The van der Waals surface area contributed by atoms with Crippen LogP contribution in [0.5, 0.6) is 0 Å². The van der Waals surface area contributed by atoms with Crippen LogP contribution in [-0.4, -0.2) is 45.3 Å². The third-order valence-corrected chi connectivity index (χ3v) is 6.24. The van der Waals surface area contributed by atoms with Crippen LogP contribution in [0, 0.1) is 5.41 Å². The zero-order chi connectivity index (χ0) is 16.8. The number of fused-ring (bicyclic) bond motifs is 1. The number of nitrogens with zero attached hydrogens (tertiary/aromatic N) is 3. The summed E-state index contributed by atoms with van der Waals surface area (Å²) in [6.45, 7) is 2.18. The van der Waals surface area contributed by atoms with Gasteiger partial charge in [-0.15, -0.1) is 0 Å². The van der Waals surface area contributed by atoms with Crippen LogP contribution in [0.15, 0.2) is 35.5 Å². The fourth-order valence-electron chi connectivity index (χ4n) is 4.83. The summed E-state index contributed by atoms with van der Waals surface area (Å²) < 4.78 is 1.69. The predicted octanol–water partition coefficient (Wildman–Crippen LogP) is 2.02. The van der Waals surface area contributed by atoms with Crippen LogP contribution < -0.4 is 5.56 Å². The van der Waals surface area contributed by atoms with E-state index < -0.39 is 5.60 Å². The molecule has 24 heavy (non-hydrogen) atoms. The molecule has 0 radical (unpaired) electrons. The number of hydrogen-bond donors (Lipinski definition) is 1. The van der Waals surface area contributed by atoms with E-state index in [4.69, 9.17) is 0 Å². The van der Waals surface area contributed by atoms with Gasteiger partial charge in [0.05, 0.1) is 17.5 Å². The van der Waals surface area contributed by atoms with Crippen LogP contribution in [-0.2, 0) is 6.54 Å². The van der Waals surface area contributed by atoms with Crippen molar-refractivity contribution in [2.75, 3.05) is 20.1 Å². The molecule has 1 atom stereocenters. The molecule has 5 nitrogen and oxygen atoms in total. The van der Waals surface area contributed by atoms with Crippen molar-refractivity contribution in [1.82, 2.24) is 14.5 Å². The highest BCUT2D eigenvalue weighted by Crippen LogP contribution is 2.51. The fourth-order valence-corrected chi connectivity index (χ4v) is 4.83. The molecule has 1 spiro atoms. The molecule has 0 aromatic carbocycles. The van der Waals surface area contributed by atoms with E-state index in [0.717, 1.165) is 37.7 Å². The maximum absolute atomic E-state index is 12.8. The van der Waals surface area contributed by atoms with Crippen molar-refractivity contribution in [2.45, 2.75) is 44.2 Å². The van der Waals surface area contributed by atoms with Crippen LogP contribution in [0.4, 0.5) is 0 Å². The number of aromatic nitrogens is 2. The zero-order valence-corrected chi connectivity index (χ0v) is 14.2. The van der Waals surface area contributed by atoms with Gasteiger partial charge in [-0.1, -0.05) is 12.8 Å². The van der Waals surface area contributed by atoms with Crippen LogP contribution in [0.25, 0.3) is 10.8 Å². The predicted molar refractivity (Wildman–Crippen MR) is 94.0 cm³/mol. The molecule has 3 heterocycles. The Bertz CT molecular complexity index is 810. The van der Waals surface area contributed by atoms with Crippen molar-refractivity contribution in [1.29, 1.82) is 0 Å². The third-order valence-electron chi connectivity index (χ3n) is 6.24. The molecular weight excluding hydrogens is 302 g/mol. The summed E-state index contributed by atoms with van der Waals surface area (Å²) in [6.07, 6.45) is 10.3. The van der Waals surface area contributed by atoms with Crippen LogP contribution in [0.1, 0.15) is 32.1 Å². The maximum Gasteiger partial charge on any atom is 0.260 e. The summed E-state index contributed by atoms with van der Waals surface area (Å²) in [5, 5.41) is 13.1. The summed E-state index contributed by atoms with van der Waals surface area (Å²) in [5.41, 5.74) is -0.944. The molecular formula is C19H25N3O2. The summed E-state index contributed by atoms with van der Waals surface area (Å²) in [6, 6.07) is 3.79. The van der Waals surface area contributed by atoms with Crippen molar-refractivity contribution < 1.29 is 5.11 Å². The van der Waals surface area contributed by atoms with E-state index in [0.29, 0.717) is 11.9 Å². The minimum absolute atomic E-state index is 0.0545. The lowest BCUT2D eigenvalue weighted by Crippen LogP contribution is -2.60. The highest BCUT2D eigenvalue weighted by Gasteiger charge is 2.54. The topological polar surface area (TPSA) is 58.4 Å². The first kappa shape index (κ1) is 15.8. The number of hydrogen-bond acceptors (Lipinski definition) is 4. The second kappa shape index (κ2) is 5.67. The van der Waals surface area contributed by atoms with Gasteiger partial charge < -0.3 is 14.6 Å². The Hall–Kier alpha value is -1.72. The molecule has 1 aliphatic heterocycles. The van der Waals surface area contributed by atoms with Crippen LogP contribution in [0.3, 0.4) is 0 Å². The minimum atomic E-state index is -0.810. The lowest BCUT2D eigenvalue weighted by molar-refractivity contribution is -0.139. The van der Waals surface area contributed by atoms with E-state index >= 15 is 0 Å². The van der Waals surface area contributed by atoms with Gasteiger partial charge in [-0.3, -0.25) is 9.78 Å². The molecule has 2 aliphatic rings. The van der Waals surface area contributed by atoms with Crippen molar-refractivity contribution in [2.24, 2.45) is 5.41 Å². The number of piperidine rings is 1. The second-order valence-corrected chi connectivity index (χ2v) is 7.72. The molecule has 0 amide bonds. The zero-order valence-electron chi connectivity index (χ0n) is 14.2. The van der Waals surface area contributed by atoms with Crippen molar-refractivity contribution in [3.63, 3.8) is 0 Å². The third kappa shape index (κ3) is 2.38. The van der Waals surface area contributed by atoms with Crippen molar-refractivity contribution in [3.05, 3.63) is 41.1 Å². The van der Waals surface area contributed by atoms with E-state index in [1.165, 1.54) is 12.8 Å². The molecule has 5 heteroatoms. The molecule has 1 unspecified atom stereocenters. The smallest absolute Gasteiger partial charge is 0.260 e. The summed E-state index contributed by atoms with van der Waals surface area (Å²) >= 11 is 0. The van der Waals surface area contributed by atoms with Crippen molar-refractivity contribution in [3.8, 4) is 0 Å². The van der Waals surface area contributed by atoms with Crippen LogP contribution in [0.2, 0.25) is 0 Å². The highest BCUT2D eigenvalue weighted by atomic mass is 16.3. The van der Waals surface area contributed by atoms with E-state index in [2.05, 4.69) is 16.9 Å². The SMILES string of the molecule is CN1CCC(O)(Cn2ccc3ccncc3c2=O)C2(CCCC2)C1. The first-order valence-corrected chi connectivity index (χ1v) is 8.87. The van der Waals surface area contributed by atoms with Crippen LogP contribution >= 0.6 is 0 Å². The largest absolute Gasteiger partial charge is 0.387 e. The number of pyridine rings is 2. The molecule has 4 rings (SSSR count). The Morgan fingerprint density at radius 1 is 1.25 bits per heavy atom. The Kier molecular flexibility index (Phi) is 3.73. The molecule has 128 valence electrons. The van der Waals surface area contributed by atoms with Gasteiger partial charge >= 0.3 is 0 Å². The Balaban J connectivity index is 1.73. The standard InChI is InChI=1S/C19H25N3O2/c1-21-11-8-19(24,18(13-21)6-2-3-7-18)14-22-10-5-15-4-9-20-12-16(15)17(22)23/h4-5,9-10,12,24H,2-3,6-8,11,13-14H2,1H3. The van der Waals surface area contributed by atoms with E-state index in [9.17, 15) is 9.90 Å². The lowest BCUT2D eigenvalue weighted by atomic mass is 9.66. The molecule has 0 bridgehead atoms. The van der Waals surface area contributed by atoms with Gasteiger partial charge in [-0.25, -0.2) is 0 Å². The molecule has 2 fully saturated rings. The summed E-state index contributed by atoms with van der Waals surface area (Å²) in [5.74, 6) is 0. The van der Waals surface area contributed by atoms with Gasteiger partial charge in [0.25, 0.3) is 5.56 Å². The maximum atomic E-state index is 12.8. The second-order valence-electron chi connectivity index (χ2n) is 7.72. The molecule has 1 N–H and O–H groups in total. The molecule has 2 aromatic heterocycles. The molecule has 2 aromatic rings. The van der Waals surface area contributed by atoms with Gasteiger partial charge in [-0.2, -0.15) is 0 Å². The molecule has 1 aliphatic carbocycles. The average molecular weight is 327 g/mol. The van der Waals surface area contributed by atoms with Gasteiger partial charge in [-0.05, 0) is 43.8 Å². The average Bonchev–Trinajstić information content (AvgIpc) is 3.05. The Labute approximate surface area is 141 Å². The lowest BCUT2D eigenvalue weighted by Gasteiger charge is -2.51. The molecule has 1 saturated carbocycles. The Morgan fingerprint density at radius 2 is 2.04 bits per heavy atom. The Morgan fingerprint density at radius 3 is 2.83 bits per heavy atom. The number of rotatable bonds is 2. The summed E-state index contributed by atoms with van der Waals surface area (Å²) in [4.78, 5) is 19.2. The quantitative estimate of drug-likeness (QED) is 0.917. The normalized spacial score (nSPS) is 27.1. The monoisotopic (exact) mass is 327 g/mol. The number of likely N-dealkylation sites (tertiary alicyclic amines) is 1. The number of aliphatic hydroxyl groups is 1. The van der Waals surface area contributed by atoms with E-state index in [1.54, 1.807) is 17.0 Å².